The minimum absolute atomic E-state index is 0.0149. The minimum Gasteiger partial charge on any atom is -0.469 e. The van der Waals surface area contributed by atoms with Crippen LogP contribution in [0.2, 0.25) is 0 Å². The highest BCUT2D eigenvalue weighted by Gasteiger charge is 2.01. The van der Waals surface area contributed by atoms with Gasteiger partial charge in [-0.25, -0.2) is 0 Å². The van der Waals surface area contributed by atoms with E-state index in [0.29, 0.717) is 19.4 Å². The van der Waals surface area contributed by atoms with Crippen LogP contribution in [0, 0.1) is 0 Å². The lowest BCUT2D eigenvalue weighted by Crippen LogP contribution is -2.04. The standard InChI is InChI=1S/C18H36O2.C17H34O2/c1-3-5-6-7-8-9-10-11-12-13-14-15-16-18(19)20-17-4-2;1-3-4-5-6-7-8-9-10-11-12-13-14-15-16-17(18)19-2/h3-17H2,1-2H3;3-16H2,1-2H3. The summed E-state index contributed by atoms with van der Waals surface area (Å²) in [6, 6.07) is 0. The molecular formula is C35H70O4. The molecule has 4 nitrogen and oxygen atoms in total. The van der Waals surface area contributed by atoms with Crippen molar-refractivity contribution in [2.24, 2.45) is 0 Å². The van der Waals surface area contributed by atoms with Crippen LogP contribution in [-0.2, 0) is 19.1 Å². The van der Waals surface area contributed by atoms with Gasteiger partial charge >= 0.3 is 11.9 Å². The average molecular weight is 555 g/mol. The van der Waals surface area contributed by atoms with Crippen molar-refractivity contribution < 1.29 is 19.1 Å². The summed E-state index contributed by atoms with van der Waals surface area (Å²) in [4.78, 5) is 22.2. The smallest absolute Gasteiger partial charge is 0.305 e. The van der Waals surface area contributed by atoms with Crippen LogP contribution in [0.3, 0.4) is 0 Å². The quantitative estimate of drug-likeness (QED) is 0.0681. The lowest BCUT2D eigenvalue weighted by molar-refractivity contribution is -0.144. The first-order valence-corrected chi connectivity index (χ1v) is 17.3. The van der Waals surface area contributed by atoms with Gasteiger partial charge in [0.25, 0.3) is 0 Å². The Hall–Kier alpha value is -1.06. The summed E-state index contributed by atoms with van der Waals surface area (Å²) in [6.45, 7) is 7.14. The van der Waals surface area contributed by atoms with Crippen molar-refractivity contribution in [2.75, 3.05) is 13.7 Å². The van der Waals surface area contributed by atoms with Crippen molar-refractivity contribution in [1.29, 1.82) is 0 Å². The summed E-state index contributed by atoms with van der Waals surface area (Å²) in [6.07, 6.45) is 35.5. The van der Waals surface area contributed by atoms with Gasteiger partial charge in [0, 0.05) is 12.8 Å². The largest absolute Gasteiger partial charge is 0.469 e. The maximum atomic E-state index is 11.3. The van der Waals surface area contributed by atoms with E-state index in [1.807, 2.05) is 6.92 Å². The van der Waals surface area contributed by atoms with Gasteiger partial charge in [-0.15, -0.1) is 0 Å². The van der Waals surface area contributed by atoms with E-state index in [1.165, 1.54) is 155 Å². The number of carbonyl (C=O) groups excluding carboxylic acids is 2. The van der Waals surface area contributed by atoms with Crippen molar-refractivity contribution in [3.8, 4) is 0 Å². The second kappa shape index (κ2) is 36.9. The normalized spacial score (nSPS) is 10.7. The Labute approximate surface area is 245 Å². The van der Waals surface area contributed by atoms with Gasteiger partial charge in [-0.2, -0.15) is 0 Å². The van der Waals surface area contributed by atoms with Crippen LogP contribution in [0.5, 0.6) is 0 Å². The number of hydrogen-bond acceptors (Lipinski definition) is 4. The maximum Gasteiger partial charge on any atom is 0.305 e. The van der Waals surface area contributed by atoms with Crippen molar-refractivity contribution in [1.82, 2.24) is 0 Å². The lowest BCUT2D eigenvalue weighted by Gasteiger charge is -2.04. The Morgan fingerprint density at radius 3 is 0.949 bits per heavy atom. The first kappa shape index (κ1) is 40.1. The second-order valence-corrected chi connectivity index (χ2v) is 11.4. The summed E-state index contributed by atoms with van der Waals surface area (Å²) in [5, 5.41) is 0. The topological polar surface area (TPSA) is 52.6 Å². The van der Waals surface area contributed by atoms with Crippen molar-refractivity contribution in [3.63, 3.8) is 0 Å². The number of unbranched alkanes of at least 4 members (excludes halogenated alkanes) is 23. The van der Waals surface area contributed by atoms with Crippen LogP contribution in [0.15, 0.2) is 0 Å². The molecule has 0 aliphatic rings. The van der Waals surface area contributed by atoms with E-state index in [4.69, 9.17) is 4.74 Å². The van der Waals surface area contributed by atoms with Crippen LogP contribution in [0.1, 0.15) is 201 Å². The molecule has 0 aromatic carbocycles. The summed E-state index contributed by atoms with van der Waals surface area (Å²) in [5.41, 5.74) is 0. The lowest BCUT2D eigenvalue weighted by atomic mass is 10.0. The number of hydrogen-bond donors (Lipinski definition) is 0. The zero-order chi connectivity index (χ0) is 29.1. The highest BCUT2D eigenvalue weighted by atomic mass is 16.5. The van der Waals surface area contributed by atoms with Gasteiger partial charge in [-0.3, -0.25) is 9.59 Å². The molecule has 0 N–H and O–H groups in total. The minimum atomic E-state index is -0.0666. The van der Waals surface area contributed by atoms with E-state index in [9.17, 15) is 9.59 Å². The third-order valence-corrected chi connectivity index (χ3v) is 7.41. The van der Waals surface area contributed by atoms with E-state index in [1.54, 1.807) is 0 Å². The van der Waals surface area contributed by atoms with Crippen molar-refractivity contribution >= 4 is 11.9 Å². The van der Waals surface area contributed by atoms with E-state index in [0.717, 1.165) is 19.3 Å². The fourth-order valence-electron chi connectivity index (χ4n) is 4.79. The molecule has 0 saturated carbocycles. The zero-order valence-electron chi connectivity index (χ0n) is 27.1. The third kappa shape index (κ3) is 39.1. The monoisotopic (exact) mass is 555 g/mol. The molecule has 0 saturated heterocycles. The van der Waals surface area contributed by atoms with Gasteiger partial charge in [0.15, 0.2) is 0 Å². The molecule has 0 heterocycles. The van der Waals surface area contributed by atoms with E-state index in [-0.39, 0.29) is 11.9 Å². The maximum absolute atomic E-state index is 11.3. The zero-order valence-corrected chi connectivity index (χ0v) is 27.1. The molecule has 234 valence electrons. The van der Waals surface area contributed by atoms with Crippen LogP contribution in [0.25, 0.3) is 0 Å². The van der Waals surface area contributed by atoms with Gasteiger partial charge in [0.2, 0.25) is 0 Å². The van der Waals surface area contributed by atoms with Gasteiger partial charge in [-0.05, 0) is 19.3 Å². The summed E-state index contributed by atoms with van der Waals surface area (Å²) in [7, 11) is 1.46. The first-order valence-electron chi connectivity index (χ1n) is 17.3. The predicted molar refractivity (Wildman–Crippen MR) is 169 cm³/mol. The highest BCUT2D eigenvalue weighted by molar-refractivity contribution is 5.69. The Balaban J connectivity index is 0. The molecule has 0 aliphatic heterocycles. The molecule has 0 fully saturated rings. The third-order valence-electron chi connectivity index (χ3n) is 7.41. The Morgan fingerprint density at radius 2 is 0.667 bits per heavy atom. The Kier molecular flexibility index (Phi) is 38.0. The first-order chi connectivity index (χ1) is 19.1. The average Bonchev–Trinajstić information content (AvgIpc) is 2.95. The van der Waals surface area contributed by atoms with Crippen LogP contribution >= 0.6 is 0 Å². The van der Waals surface area contributed by atoms with Crippen LogP contribution in [0.4, 0.5) is 0 Å². The summed E-state index contributed by atoms with van der Waals surface area (Å²) < 4.78 is 9.67. The Bertz CT molecular complexity index is 477. The summed E-state index contributed by atoms with van der Waals surface area (Å²) >= 11 is 0. The molecule has 0 aromatic rings. The fraction of sp³-hybridized carbons (Fsp3) is 0.943. The number of esters is 2. The molecular weight excluding hydrogens is 484 g/mol. The number of ether oxygens (including phenoxy) is 2. The molecule has 0 aliphatic carbocycles. The molecule has 0 aromatic heterocycles. The van der Waals surface area contributed by atoms with E-state index < -0.39 is 0 Å². The second-order valence-electron chi connectivity index (χ2n) is 11.4. The van der Waals surface area contributed by atoms with Gasteiger partial charge in [0.1, 0.15) is 0 Å². The highest BCUT2D eigenvalue weighted by Crippen LogP contribution is 2.14. The molecule has 4 heteroatoms. The number of carbonyl (C=O) groups is 2. The fourth-order valence-corrected chi connectivity index (χ4v) is 4.79. The number of methoxy groups -OCH3 is 1. The van der Waals surface area contributed by atoms with Crippen molar-refractivity contribution in [3.05, 3.63) is 0 Å². The predicted octanol–water partition coefficient (Wildman–Crippen LogP) is 11.7. The SMILES string of the molecule is CCCCCCCCCCCCCCC(=O)OCCC.CCCCCCCCCCCCCCCC(=O)OC. The molecule has 0 spiro atoms. The van der Waals surface area contributed by atoms with Gasteiger partial charge in [0.05, 0.1) is 13.7 Å². The van der Waals surface area contributed by atoms with E-state index in [2.05, 4.69) is 18.6 Å². The molecule has 0 atom stereocenters. The molecule has 0 bridgehead atoms. The van der Waals surface area contributed by atoms with Crippen LogP contribution in [-0.4, -0.2) is 25.7 Å². The van der Waals surface area contributed by atoms with E-state index >= 15 is 0 Å². The molecule has 0 rings (SSSR count). The molecule has 39 heavy (non-hydrogen) atoms. The molecule has 0 amide bonds. The van der Waals surface area contributed by atoms with Crippen molar-refractivity contribution in [2.45, 2.75) is 201 Å². The summed E-state index contributed by atoms with van der Waals surface area (Å²) in [5.74, 6) is -0.0815. The molecule has 0 unspecified atom stereocenters. The molecule has 0 radical (unpaired) electrons. The van der Waals surface area contributed by atoms with Gasteiger partial charge in [-0.1, -0.05) is 168 Å². The van der Waals surface area contributed by atoms with Gasteiger partial charge < -0.3 is 9.47 Å². The number of rotatable bonds is 29. The Morgan fingerprint density at radius 1 is 0.385 bits per heavy atom. The van der Waals surface area contributed by atoms with Crippen LogP contribution < -0.4 is 0 Å².